The summed E-state index contributed by atoms with van der Waals surface area (Å²) in [4.78, 5) is 29.3. The van der Waals surface area contributed by atoms with Gasteiger partial charge < -0.3 is 10.8 Å². The van der Waals surface area contributed by atoms with Crippen molar-refractivity contribution in [2.45, 2.75) is 0 Å². The van der Waals surface area contributed by atoms with Crippen molar-refractivity contribution < 1.29 is 14.7 Å². The minimum absolute atomic E-state index is 0.00926. The molecule has 72 valence electrons. The molecule has 2 heterocycles. The first kappa shape index (κ1) is 8.95. The highest BCUT2D eigenvalue weighted by atomic mass is 32.2. The molecular weight excluding hydrogens is 206 g/mol. The minimum atomic E-state index is -1.13. The Hall–Kier alpha value is -1.63. The van der Waals surface area contributed by atoms with Crippen molar-refractivity contribution in [2.75, 3.05) is 0 Å². The van der Waals surface area contributed by atoms with Crippen molar-refractivity contribution in [1.29, 1.82) is 0 Å². The molecule has 0 aromatic rings. The van der Waals surface area contributed by atoms with Gasteiger partial charge in [-0.15, -0.1) is 0 Å². The number of thioether (sulfide) groups is 1. The van der Waals surface area contributed by atoms with Gasteiger partial charge in [0.25, 0.3) is 5.91 Å². The minimum Gasteiger partial charge on any atom is -0.478 e. The predicted octanol–water partition coefficient (Wildman–Crippen LogP) is -0.429. The molecule has 0 saturated carbocycles. The number of nitrogens with two attached hydrogens (primary N) is 1. The van der Waals surface area contributed by atoms with E-state index >= 15 is 0 Å². The fourth-order valence-corrected chi connectivity index (χ4v) is 2.21. The molecule has 0 aliphatic carbocycles. The van der Waals surface area contributed by atoms with E-state index < -0.39 is 17.8 Å². The van der Waals surface area contributed by atoms with Crippen molar-refractivity contribution in [3.63, 3.8) is 0 Å². The zero-order valence-electron chi connectivity index (χ0n) is 6.80. The van der Waals surface area contributed by atoms with E-state index in [0.717, 1.165) is 11.8 Å². The number of carbonyl (C=O) groups is 2. The zero-order valence-corrected chi connectivity index (χ0v) is 7.61. The molecule has 0 saturated heterocycles. The van der Waals surface area contributed by atoms with Crippen LogP contribution in [0.4, 0.5) is 0 Å². The lowest BCUT2D eigenvalue weighted by Gasteiger charge is -2.12. The Bertz CT molecular complexity index is 424. The first-order valence-electron chi connectivity index (χ1n) is 3.66. The second-order valence-electron chi connectivity index (χ2n) is 2.69. The number of carboxylic acid groups (broad SMARTS) is 1. The summed E-state index contributed by atoms with van der Waals surface area (Å²) in [7, 11) is 0. The Labute approximate surface area is 82.6 Å². The Morgan fingerprint density at radius 1 is 1.57 bits per heavy atom. The maximum atomic E-state index is 11.3. The zero-order chi connectivity index (χ0) is 10.3. The number of rotatable bonds is 1. The van der Waals surface area contributed by atoms with E-state index in [1.54, 1.807) is 0 Å². The van der Waals surface area contributed by atoms with Gasteiger partial charge in [-0.1, -0.05) is 11.8 Å². The number of guanidine groups is 1. The molecule has 2 aliphatic rings. The van der Waals surface area contributed by atoms with Gasteiger partial charge in [0.15, 0.2) is 0 Å². The standard InChI is InChI=1S/C7H5N3O3S/c8-7-9-4(11)3-2(6(12)13)1-14-5(3)10-7/h1,3H,(H,12,13)(H2,8,9,11)/t3-/m1/s1. The molecular formula is C7H5N3O3S. The Kier molecular flexibility index (Phi) is 1.88. The molecule has 7 heteroatoms. The molecule has 14 heavy (non-hydrogen) atoms. The molecule has 0 aromatic carbocycles. The smallest absolute Gasteiger partial charge is 0.333 e. The Morgan fingerprint density at radius 3 is 2.93 bits per heavy atom. The summed E-state index contributed by atoms with van der Waals surface area (Å²) in [6, 6.07) is 0. The third-order valence-corrected chi connectivity index (χ3v) is 2.75. The van der Waals surface area contributed by atoms with Gasteiger partial charge in [-0.05, 0) is 5.41 Å². The monoisotopic (exact) mass is 211 g/mol. The molecule has 1 atom stereocenters. The van der Waals surface area contributed by atoms with E-state index in [2.05, 4.69) is 9.98 Å². The first-order valence-corrected chi connectivity index (χ1v) is 4.54. The molecule has 2 aliphatic heterocycles. The molecule has 6 nitrogen and oxygen atoms in total. The van der Waals surface area contributed by atoms with Crippen molar-refractivity contribution in [1.82, 2.24) is 0 Å². The van der Waals surface area contributed by atoms with E-state index in [9.17, 15) is 9.59 Å². The van der Waals surface area contributed by atoms with Crippen molar-refractivity contribution >= 4 is 34.6 Å². The van der Waals surface area contributed by atoms with Crippen LogP contribution < -0.4 is 5.73 Å². The van der Waals surface area contributed by atoms with Crippen LogP contribution in [0, 0.1) is 5.92 Å². The van der Waals surface area contributed by atoms with Crippen LogP contribution in [0.15, 0.2) is 21.0 Å². The molecule has 0 aromatic heterocycles. The number of amides is 1. The van der Waals surface area contributed by atoms with Crippen LogP contribution in [-0.4, -0.2) is 28.0 Å². The summed E-state index contributed by atoms with van der Waals surface area (Å²) >= 11 is 1.10. The summed E-state index contributed by atoms with van der Waals surface area (Å²) in [5, 5.41) is 10.5. The van der Waals surface area contributed by atoms with Gasteiger partial charge in [0.2, 0.25) is 5.96 Å². The number of fused-ring (bicyclic) bond motifs is 1. The predicted molar refractivity (Wildman–Crippen MR) is 50.9 cm³/mol. The van der Waals surface area contributed by atoms with E-state index in [1.165, 1.54) is 5.41 Å². The lowest BCUT2D eigenvalue weighted by atomic mass is 10.0. The summed E-state index contributed by atoms with van der Waals surface area (Å²) in [5.41, 5.74) is 5.27. The molecule has 3 N–H and O–H groups in total. The average Bonchev–Trinajstić information content (AvgIpc) is 2.47. The molecule has 0 unspecified atom stereocenters. The fraction of sp³-hybridized carbons (Fsp3) is 0.143. The van der Waals surface area contributed by atoms with Gasteiger partial charge in [-0.25, -0.2) is 9.79 Å². The number of aliphatic carboxylic acids is 1. The highest BCUT2D eigenvalue weighted by Crippen LogP contribution is 2.34. The number of aliphatic imine (C=N–C) groups is 2. The van der Waals surface area contributed by atoms with Crippen LogP contribution in [-0.2, 0) is 9.59 Å². The Balaban J connectivity index is 2.40. The average molecular weight is 211 g/mol. The highest BCUT2D eigenvalue weighted by molar-refractivity contribution is 8.17. The second kappa shape index (κ2) is 2.95. The third kappa shape index (κ3) is 1.22. The molecule has 2 rings (SSSR count). The molecule has 1 amide bonds. The summed E-state index contributed by atoms with van der Waals surface area (Å²) < 4.78 is 0. The topological polar surface area (TPSA) is 105 Å². The SMILES string of the molecule is NC1=NC(=O)[C@H]2C(C(=O)O)=CSC2=N1. The lowest BCUT2D eigenvalue weighted by Crippen LogP contribution is -2.30. The van der Waals surface area contributed by atoms with Gasteiger partial charge in [-0.3, -0.25) is 4.79 Å². The van der Waals surface area contributed by atoms with E-state index in [4.69, 9.17) is 10.8 Å². The van der Waals surface area contributed by atoms with Crippen LogP contribution >= 0.6 is 11.8 Å². The van der Waals surface area contributed by atoms with Crippen LogP contribution in [0.25, 0.3) is 0 Å². The maximum absolute atomic E-state index is 11.3. The second-order valence-corrected chi connectivity index (χ2v) is 3.58. The number of hydrogen-bond acceptors (Lipinski definition) is 5. The number of carbonyl (C=O) groups excluding carboxylic acids is 1. The van der Waals surface area contributed by atoms with Gasteiger partial charge >= 0.3 is 5.97 Å². The van der Waals surface area contributed by atoms with Crippen molar-refractivity contribution in [3.05, 3.63) is 11.0 Å². The third-order valence-electron chi connectivity index (χ3n) is 1.81. The van der Waals surface area contributed by atoms with Gasteiger partial charge in [0, 0.05) is 0 Å². The van der Waals surface area contributed by atoms with Crippen LogP contribution in [0.3, 0.4) is 0 Å². The van der Waals surface area contributed by atoms with E-state index in [1.807, 2.05) is 0 Å². The normalized spacial score (nSPS) is 25.0. The number of carboxylic acids is 1. The van der Waals surface area contributed by atoms with E-state index in [-0.39, 0.29) is 11.5 Å². The quantitative estimate of drug-likeness (QED) is 0.612. The number of nitrogens with zero attached hydrogens (tertiary/aromatic N) is 2. The molecule has 0 spiro atoms. The summed E-state index contributed by atoms with van der Waals surface area (Å²) in [6.45, 7) is 0. The largest absolute Gasteiger partial charge is 0.478 e. The van der Waals surface area contributed by atoms with Crippen molar-refractivity contribution in [2.24, 2.45) is 21.6 Å². The van der Waals surface area contributed by atoms with Gasteiger partial charge in [0.05, 0.1) is 10.6 Å². The molecule has 0 bridgehead atoms. The summed E-state index contributed by atoms with van der Waals surface area (Å²) in [6.07, 6.45) is 0. The maximum Gasteiger partial charge on any atom is 0.333 e. The van der Waals surface area contributed by atoms with Gasteiger partial charge in [-0.2, -0.15) is 4.99 Å². The fourth-order valence-electron chi connectivity index (χ4n) is 1.21. The first-order chi connectivity index (χ1) is 6.59. The lowest BCUT2D eigenvalue weighted by molar-refractivity contribution is -0.134. The van der Waals surface area contributed by atoms with Crippen molar-refractivity contribution in [3.8, 4) is 0 Å². The summed E-state index contributed by atoms with van der Waals surface area (Å²) in [5.74, 6) is -2.67. The van der Waals surface area contributed by atoms with E-state index in [0.29, 0.717) is 5.04 Å². The molecule has 0 fully saturated rings. The van der Waals surface area contributed by atoms with Crippen LogP contribution in [0.2, 0.25) is 0 Å². The number of hydrogen-bond donors (Lipinski definition) is 2. The van der Waals surface area contributed by atoms with Crippen LogP contribution in [0.1, 0.15) is 0 Å². The van der Waals surface area contributed by atoms with Crippen LogP contribution in [0.5, 0.6) is 0 Å². The van der Waals surface area contributed by atoms with Gasteiger partial charge in [0.1, 0.15) is 5.92 Å². The molecule has 0 radical (unpaired) electrons. The Morgan fingerprint density at radius 2 is 2.29 bits per heavy atom. The highest BCUT2D eigenvalue weighted by Gasteiger charge is 2.39.